The van der Waals surface area contributed by atoms with Crippen molar-refractivity contribution in [3.8, 4) is 17.0 Å². The number of amides is 2. The fourth-order valence-electron chi connectivity index (χ4n) is 3.05. The summed E-state index contributed by atoms with van der Waals surface area (Å²) in [6.45, 7) is 2.46. The van der Waals surface area contributed by atoms with Crippen LogP contribution >= 0.6 is 11.3 Å². The van der Waals surface area contributed by atoms with Crippen LogP contribution in [0.25, 0.3) is 11.3 Å². The monoisotopic (exact) mass is 443 g/mol. The molecule has 0 atom stereocenters. The van der Waals surface area contributed by atoms with E-state index in [1.54, 1.807) is 36.4 Å². The van der Waals surface area contributed by atoms with Crippen molar-refractivity contribution in [2.24, 2.45) is 0 Å². The largest absolute Gasteiger partial charge is 0.494 e. The molecule has 160 valence electrons. The van der Waals surface area contributed by atoms with Crippen molar-refractivity contribution in [3.63, 3.8) is 0 Å². The molecule has 0 aliphatic rings. The number of thiazole rings is 1. The van der Waals surface area contributed by atoms with Crippen LogP contribution in [0.5, 0.6) is 5.75 Å². The van der Waals surface area contributed by atoms with Crippen molar-refractivity contribution in [3.05, 3.63) is 96.1 Å². The Morgan fingerprint density at radius 1 is 0.812 bits per heavy atom. The molecule has 1 aromatic heterocycles. The van der Waals surface area contributed by atoms with E-state index in [0.717, 1.165) is 5.56 Å². The lowest BCUT2D eigenvalue weighted by Crippen LogP contribution is -2.11. The highest BCUT2D eigenvalue weighted by Crippen LogP contribution is 2.36. The van der Waals surface area contributed by atoms with Crippen molar-refractivity contribution >= 4 is 33.3 Å². The number of benzene rings is 3. The van der Waals surface area contributed by atoms with Gasteiger partial charge in [-0.1, -0.05) is 59.9 Å². The molecule has 2 amide bonds. The van der Waals surface area contributed by atoms with Gasteiger partial charge in [0.1, 0.15) is 16.4 Å². The number of nitrogens with one attached hydrogen (secondary N) is 2. The van der Waals surface area contributed by atoms with Crippen LogP contribution < -0.4 is 15.4 Å². The van der Waals surface area contributed by atoms with Gasteiger partial charge in [-0.05, 0) is 43.3 Å². The molecule has 0 fully saturated rings. The van der Waals surface area contributed by atoms with Crippen molar-refractivity contribution in [1.29, 1.82) is 0 Å². The minimum atomic E-state index is -0.289. The van der Waals surface area contributed by atoms with Crippen LogP contribution in [0.15, 0.2) is 84.9 Å². The number of anilines is 2. The number of hydrogen-bond donors (Lipinski definition) is 2. The average Bonchev–Trinajstić information content (AvgIpc) is 3.22. The van der Waals surface area contributed by atoms with E-state index in [1.807, 2.05) is 55.5 Å². The van der Waals surface area contributed by atoms with Crippen LogP contribution in [0.2, 0.25) is 0 Å². The summed E-state index contributed by atoms with van der Waals surface area (Å²) < 4.78 is 5.42. The van der Waals surface area contributed by atoms with Gasteiger partial charge >= 0.3 is 0 Å². The second-order valence-corrected chi connectivity index (χ2v) is 7.79. The Labute approximate surface area is 189 Å². The van der Waals surface area contributed by atoms with E-state index in [-0.39, 0.29) is 11.8 Å². The van der Waals surface area contributed by atoms with Gasteiger partial charge < -0.3 is 10.1 Å². The van der Waals surface area contributed by atoms with Gasteiger partial charge in [-0.25, -0.2) is 4.98 Å². The lowest BCUT2D eigenvalue weighted by molar-refractivity contribution is 0.101. The van der Waals surface area contributed by atoms with Crippen LogP contribution in [0.3, 0.4) is 0 Å². The van der Waals surface area contributed by atoms with Gasteiger partial charge in [0.05, 0.1) is 6.61 Å². The molecular weight excluding hydrogens is 422 g/mol. The molecular formula is C25H21N3O3S. The predicted octanol–water partition coefficient (Wildman–Crippen LogP) is 5.71. The summed E-state index contributed by atoms with van der Waals surface area (Å²) >= 11 is 1.21. The molecule has 3 aromatic carbocycles. The second kappa shape index (κ2) is 9.89. The summed E-state index contributed by atoms with van der Waals surface area (Å²) in [5, 5.41) is 6.72. The summed E-state index contributed by atoms with van der Waals surface area (Å²) in [5.74, 6) is 0.175. The Bertz CT molecular complexity index is 1210. The molecule has 32 heavy (non-hydrogen) atoms. The minimum Gasteiger partial charge on any atom is -0.494 e. The molecule has 0 aliphatic carbocycles. The molecule has 0 bridgehead atoms. The maximum Gasteiger partial charge on any atom is 0.257 e. The molecule has 4 rings (SSSR count). The fourth-order valence-corrected chi connectivity index (χ4v) is 3.93. The highest BCUT2D eigenvalue weighted by molar-refractivity contribution is 7.20. The van der Waals surface area contributed by atoms with E-state index >= 15 is 0 Å². The highest BCUT2D eigenvalue weighted by Gasteiger charge is 2.18. The standard InChI is InChI=1S/C25H21N3O3S/c1-2-31-20-15-13-19(14-16-20)23(30)28-25-26-21(17-9-5-3-6-10-17)24(32-25)27-22(29)18-11-7-4-8-12-18/h3-16H,2H2,1H3,(H,27,29)(H,26,28,30). The first kappa shape index (κ1) is 21.3. The third-order valence-corrected chi connectivity index (χ3v) is 5.47. The minimum absolute atomic E-state index is 0.240. The zero-order valence-corrected chi connectivity index (χ0v) is 18.2. The second-order valence-electron chi connectivity index (χ2n) is 6.79. The van der Waals surface area contributed by atoms with Gasteiger partial charge in [-0.15, -0.1) is 0 Å². The number of aromatic nitrogens is 1. The van der Waals surface area contributed by atoms with Crippen LogP contribution in [0.1, 0.15) is 27.6 Å². The lowest BCUT2D eigenvalue weighted by Gasteiger charge is -2.05. The molecule has 0 saturated heterocycles. The number of nitrogens with zero attached hydrogens (tertiary/aromatic N) is 1. The third kappa shape index (κ3) is 5.01. The van der Waals surface area contributed by atoms with Crippen molar-refractivity contribution in [2.75, 3.05) is 17.2 Å². The zero-order chi connectivity index (χ0) is 22.3. The van der Waals surface area contributed by atoms with Gasteiger partial charge in [0.25, 0.3) is 11.8 Å². The smallest absolute Gasteiger partial charge is 0.257 e. The molecule has 4 aromatic rings. The van der Waals surface area contributed by atoms with Gasteiger partial charge in [0, 0.05) is 16.7 Å². The maximum absolute atomic E-state index is 12.7. The molecule has 0 unspecified atom stereocenters. The van der Waals surface area contributed by atoms with Crippen molar-refractivity contribution in [2.45, 2.75) is 6.92 Å². The van der Waals surface area contributed by atoms with Crippen LogP contribution in [0, 0.1) is 0 Å². The number of hydrogen-bond acceptors (Lipinski definition) is 5. The first-order valence-corrected chi connectivity index (χ1v) is 10.9. The summed E-state index contributed by atoms with van der Waals surface area (Å²) in [5.41, 5.74) is 2.47. The Hall–Kier alpha value is -3.97. The lowest BCUT2D eigenvalue weighted by atomic mass is 10.1. The van der Waals surface area contributed by atoms with Gasteiger partial charge in [0.2, 0.25) is 0 Å². The topological polar surface area (TPSA) is 80.3 Å². The SMILES string of the molecule is CCOc1ccc(C(=O)Nc2nc(-c3ccccc3)c(NC(=O)c3ccccc3)s2)cc1. The normalized spacial score (nSPS) is 10.4. The summed E-state index contributed by atoms with van der Waals surface area (Å²) in [7, 11) is 0. The fraction of sp³-hybridized carbons (Fsp3) is 0.0800. The first-order chi connectivity index (χ1) is 15.6. The summed E-state index contributed by atoms with van der Waals surface area (Å²) in [4.78, 5) is 30.0. The number of ether oxygens (including phenoxy) is 1. The number of carbonyl (C=O) groups is 2. The molecule has 0 radical (unpaired) electrons. The Kier molecular flexibility index (Phi) is 6.57. The average molecular weight is 444 g/mol. The third-order valence-electron chi connectivity index (χ3n) is 4.59. The van der Waals surface area contributed by atoms with Crippen LogP contribution in [0.4, 0.5) is 10.1 Å². The first-order valence-electron chi connectivity index (χ1n) is 10.1. The van der Waals surface area contributed by atoms with Gasteiger partial charge in [-0.2, -0.15) is 0 Å². The van der Waals surface area contributed by atoms with E-state index in [9.17, 15) is 9.59 Å². The summed E-state index contributed by atoms with van der Waals surface area (Å²) in [6, 6.07) is 25.4. The van der Waals surface area contributed by atoms with Gasteiger partial charge in [-0.3, -0.25) is 14.9 Å². The number of rotatable bonds is 7. The Morgan fingerprint density at radius 3 is 2.06 bits per heavy atom. The molecule has 7 heteroatoms. The quantitative estimate of drug-likeness (QED) is 0.383. The zero-order valence-electron chi connectivity index (χ0n) is 17.4. The molecule has 1 heterocycles. The van der Waals surface area contributed by atoms with Crippen molar-refractivity contribution in [1.82, 2.24) is 4.98 Å². The Morgan fingerprint density at radius 2 is 1.41 bits per heavy atom. The van der Waals surface area contributed by atoms with E-state index in [1.165, 1.54) is 11.3 Å². The highest BCUT2D eigenvalue weighted by atomic mass is 32.1. The van der Waals surface area contributed by atoms with Gasteiger partial charge in [0.15, 0.2) is 5.13 Å². The molecule has 0 spiro atoms. The molecule has 0 aliphatic heterocycles. The van der Waals surface area contributed by atoms with Crippen molar-refractivity contribution < 1.29 is 14.3 Å². The van der Waals surface area contributed by atoms with E-state index in [2.05, 4.69) is 15.6 Å². The molecule has 6 nitrogen and oxygen atoms in total. The number of carbonyl (C=O) groups excluding carboxylic acids is 2. The Balaban J connectivity index is 1.59. The summed E-state index contributed by atoms with van der Waals surface area (Å²) in [6.07, 6.45) is 0. The predicted molar refractivity (Wildman–Crippen MR) is 128 cm³/mol. The van der Waals surface area contributed by atoms with E-state index in [4.69, 9.17) is 4.74 Å². The molecule has 2 N–H and O–H groups in total. The van der Waals surface area contributed by atoms with Crippen LogP contribution in [-0.2, 0) is 0 Å². The maximum atomic E-state index is 12.7. The van der Waals surface area contributed by atoms with Crippen LogP contribution in [-0.4, -0.2) is 23.4 Å². The van der Waals surface area contributed by atoms with E-state index in [0.29, 0.717) is 39.3 Å². The van der Waals surface area contributed by atoms with E-state index < -0.39 is 0 Å². The molecule has 0 saturated carbocycles.